The number of sulfonamides is 1. The number of rotatable bonds is 3. The van der Waals surface area contributed by atoms with Crippen LogP contribution in [0, 0.1) is 6.92 Å². The van der Waals surface area contributed by atoms with Crippen LogP contribution in [0.2, 0.25) is 0 Å². The van der Waals surface area contributed by atoms with Crippen LogP contribution in [-0.4, -0.2) is 23.6 Å². The number of fused-ring (bicyclic) bond motifs is 1. The van der Waals surface area contributed by atoms with Gasteiger partial charge in [0.1, 0.15) is 22.1 Å². The Balaban J connectivity index is 2.02. The van der Waals surface area contributed by atoms with Crippen molar-refractivity contribution in [2.75, 3.05) is 4.72 Å². The van der Waals surface area contributed by atoms with Crippen LogP contribution in [0.15, 0.2) is 31.8 Å². The molecule has 2 heterocycles. The van der Waals surface area contributed by atoms with Crippen LogP contribution in [0.5, 0.6) is 0 Å². The summed E-state index contributed by atoms with van der Waals surface area (Å²) in [7, 11) is -3.79. The summed E-state index contributed by atoms with van der Waals surface area (Å²) in [6, 6.07) is 4.78. The number of aromatic nitrogens is 3. The van der Waals surface area contributed by atoms with Gasteiger partial charge in [0, 0.05) is 0 Å². The standard InChI is InChI=1S/C9H8N6O2S2/c1-5-10-9(12-11-5)15-19(16,17)7-4-2-3-6-8(7)14-18-13-6/h2-4H,1H3,(H2,10,11,12,15). The lowest BCUT2D eigenvalue weighted by Gasteiger charge is -2.06. The molecule has 0 radical (unpaired) electrons. The van der Waals surface area contributed by atoms with Gasteiger partial charge in [-0.1, -0.05) is 6.07 Å². The predicted molar refractivity (Wildman–Crippen MR) is 69.9 cm³/mol. The number of hydrogen-bond donors (Lipinski definition) is 2. The average Bonchev–Trinajstić information content (AvgIpc) is 2.96. The van der Waals surface area contributed by atoms with Gasteiger partial charge in [-0.05, 0) is 19.1 Å². The fourth-order valence-electron chi connectivity index (χ4n) is 1.56. The molecule has 0 aliphatic carbocycles. The normalized spacial score (nSPS) is 13.1. The topological polar surface area (TPSA) is 112 Å². The predicted octanol–water partition coefficient (Wildman–Crippen LogP) is 1.64. The highest BCUT2D eigenvalue weighted by Gasteiger charge is 2.23. The third-order valence-corrected chi connectivity index (χ3v) is 4.26. The van der Waals surface area contributed by atoms with Crippen molar-refractivity contribution in [2.24, 2.45) is 8.73 Å². The van der Waals surface area contributed by atoms with Crippen molar-refractivity contribution in [3.8, 4) is 0 Å². The van der Waals surface area contributed by atoms with Gasteiger partial charge >= 0.3 is 0 Å². The van der Waals surface area contributed by atoms with E-state index < -0.39 is 10.0 Å². The Morgan fingerprint density at radius 2 is 2.16 bits per heavy atom. The maximum atomic E-state index is 12.3. The third-order valence-electron chi connectivity index (χ3n) is 2.36. The quantitative estimate of drug-likeness (QED) is 0.764. The maximum absolute atomic E-state index is 12.3. The molecule has 0 amide bonds. The number of aryl methyl sites for hydroxylation is 1. The summed E-state index contributed by atoms with van der Waals surface area (Å²) in [5, 5.41) is 6.30. The largest absolute Gasteiger partial charge is 0.266 e. The molecule has 0 fully saturated rings. The van der Waals surface area contributed by atoms with Crippen LogP contribution in [0.4, 0.5) is 17.3 Å². The monoisotopic (exact) mass is 296 g/mol. The summed E-state index contributed by atoms with van der Waals surface area (Å²) in [6.45, 7) is 1.68. The van der Waals surface area contributed by atoms with E-state index in [9.17, 15) is 8.42 Å². The van der Waals surface area contributed by atoms with Crippen molar-refractivity contribution in [3.63, 3.8) is 0 Å². The second-order valence-corrected chi connectivity index (χ2v) is 5.92. The molecule has 8 nitrogen and oxygen atoms in total. The number of aromatic amines is 1. The molecule has 10 heteroatoms. The fraction of sp³-hybridized carbons (Fsp3) is 0.111. The van der Waals surface area contributed by atoms with Gasteiger partial charge in [-0.15, -0.1) is 5.10 Å². The molecule has 1 aromatic carbocycles. The Morgan fingerprint density at radius 3 is 2.89 bits per heavy atom. The van der Waals surface area contributed by atoms with Gasteiger partial charge in [0.25, 0.3) is 16.0 Å². The first-order valence-electron chi connectivity index (χ1n) is 5.19. The lowest BCUT2D eigenvalue weighted by Crippen LogP contribution is -2.14. The molecular weight excluding hydrogens is 288 g/mol. The molecule has 0 saturated carbocycles. The van der Waals surface area contributed by atoms with Crippen molar-refractivity contribution in [3.05, 3.63) is 24.0 Å². The van der Waals surface area contributed by atoms with E-state index in [1.54, 1.807) is 19.1 Å². The van der Waals surface area contributed by atoms with E-state index in [1.807, 2.05) is 0 Å². The minimum absolute atomic E-state index is 0.00214. The summed E-state index contributed by atoms with van der Waals surface area (Å²) in [5.41, 5.74) is 0.881. The van der Waals surface area contributed by atoms with Crippen molar-refractivity contribution in [1.82, 2.24) is 15.2 Å². The second kappa shape index (κ2) is 4.24. The zero-order valence-electron chi connectivity index (χ0n) is 9.65. The summed E-state index contributed by atoms with van der Waals surface area (Å²) < 4.78 is 34.8. The van der Waals surface area contributed by atoms with Gasteiger partial charge in [0.2, 0.25) is 0 Å². The molecule has 0 spiro atoms. The van der Waals surface area contributed by atoms with E-state index in [-0.39, 0.29) is 10.8 Å². The highest BCUT2D eigenvalue weighted by molar-refractivity contribution is 7.92. The molecule has 0 bridgehead atoms. The molecule has 0 unspecified atom stereocenters. The highest BCUT2D eigenvalue weighted by Crippen LogP contribution is 2.37. The summed E-state index contributed by atoms with van der Waals surface area (Å²) in [4.78, 5) is 3.96. The van der Waals surface area contributed by atoms with Crippen molar-refractivity contribution < 1.29 is 8.42 Å². The first kappa shape index (κ1) is 12.0. The molecule has 0 atom stereocenters. The highest BCUT2D eigenvalue weighted by atomic mass is 32.2. The van der Waals surface area contributed by atoms with E-state index >= 15 is 0 Å². The zero-order valence-corrected chi connectivity index (χ0v) is 11.3. The average molecular weight is 296 g/mol. The van der Waals surface area contributed by atoms with Crippen LogP contribution in [0.1, 0.15) is 5.82 Å². The Labute approximate surface area is 112 Å². The minimum Gasteiger partial charge on any atom is -0.261 e. The molecule has 1 aliphatic rings. The Bertz CT molecular complexity index is 819. The van der Waals surface area contributed by atoms with Crippen molar-refractivity contribution in [2.45, 2.75) is 11.8 Å². The minimum atomic E-state index is -3.79. The van der Waals surface area contributed by atoms with Crippen LogP contribution >= 0.6 is 0 Å². The smallest absolute Gasteiger partial charge is 0.261 e. The summed E-state index contributed by atoms with van der Waals surface area (Å²) in [5.74, 6) is 0.518. The number of H-pyrrole nitrogens is 1. The molecule has 19 heavy (non-hydrogen) atoms. The van der Waals surface area contributed by atoms with Crippen LogP contribution in [0.25, 0.3) is 0 Å². The maximum Gasteiger partial charge on any atom is 0.266 e. The SMILES string of the molecule is Cc1nc(NS(=O)(=O)c2cccc3c2N=S=N3)n[nH]1. The number of nitrogens with zero attached hydrogens (tertiary/aromatic N) is 4. The van der Waals surface area contributed by atoms with E-state index in [0.717, 1.165) is 11.4 Å². The van der Waals surface area contributed by atoms with Gasteiger partial charge < -0.3 is 0 Å². The molecular formula is C9H8N6O2S2. The second-order valence-electron chi connectivity index (χ2n) is 3.74. The molecule has 1 aromatic heterocycles. The first-order chi connectivity index (χ1) is 9.06. The lowest BCUT2D eigenvalue weighted by molar-refractivity contribution is 0.601. The van der Waals surface area contributed by atoms with E-state index in [1.165, 1.54) is 6.07 Å². The Hall–Kier alpha value is -2.07. The molecule has 2 N–H and O–H groups in total. The van der Waals surface area contributed by atoms with Crippen molar-refractivity contribution in [1.29, 1.82) is 0 Å². The van der Waals surface area contributed by atoms with Gasteiger partial charge in [0.15, 0.2) is 0 Å². The number of hydrogen-bond acceptors (Lipinski definition) is 6. The number of benzene rings is 1. The van der Waals surface area contributed by atoms with E-state index in [2.05, 4.69) is 28.6 Å². The van der Waals surface area contributed by atoms with E-state index in [4.69, 9.17) is 0 Å². The molecule has 3 rings (SSSR count). The lowest BCUT2D eigenvalue weighted by atomic mass is 10.3. The molecule has 1 aliphatic heterocycles. The molecule has 0 saturated heterocycles. The summed E-state index contributed by atoms with van der Waals surface area (Å²) >= 11 is 0.964. The third kappa shape index (κ3) is 2.15. The number of nitrogens with one attached hydrogen (secondary N) is 2. The Kier molecular flexibility index (Phi) is 2.68. The molecule has 98 valence electrons. The zero-order chi connectivity index (χ0) is 13.5. The van der Waals surface area contributed by atoms with Gasteiger partial charge in [-0.2, -0.15) is 13.7 Å². The fourth-order valence-corrected chi connectivity index (χ4v) is 3.27. The van der Waals surface area contributed by atoms with Gasteiger partial charge in [0.05, 0.1) is 11.4 Å². The molecule has 2 aromatic rings. The van der Waals surface area contributed by atoms with Gasteiger partial charge in [-0.25, -0.2) is 13.1 Å². The van der Waals surface area contributed by atoms with Crippen LogP contribution < -0.4 is 4.72 Å². The van der Waals surface area contributed by atoms with E-state index in [0.29, 0.717) is 17.2 Å². The van der Waals surface area contributed by atoms with Crippen LogP contribution in [0.3, 0.4) is 0 Å². The number of anilines is 1. The van der Waals surface area contributed by atoms with Crippen molar-refractivity contribution >= 4 is 38.7 Å². The first-order valence-corrected chi connectivity index (χ1v) is 7.41. The van der Waals surface area contributed by atoms with Gasteiger partial charge in [-0.3, -0.25) is 5.10 Å². The van der Waals surface area contributed by atoms with Crippen LogP contribution in [-0.2, 0) is 21.4 Å². The summed E-state index contributed by atoms with van der Waals surface area (Å²) in [6.07, 6.45) is 0. The Morgan fingerprint density at radius 1 is 1.32 bits per heavy atom.